The summed E-state index contributed by atoms with van der Waals surface area (Å²) in [6.45, 7) is 0.622. The molecule has 19 N–H and O–H groups in total. The molecule has 0 radical (unpaired) electrons. The molecule has 23 nitrogen and oxygen atoms in total. The van der Waals surface area contributed by atoms with Gasteiger partial charge in [0.05, 0.1) is 6.04 Å². The van der Waals surface area contributed by atoms with Crippen LogP contribution in [0.15, 0.2) is 64.6 Å². The zero-order chi connectivity index (χ0) is 50.2. The van der Waals surface area contributed by atoms with Crippen LogP contribution in [-0.4, -0.2) is 143 Å². The summed E-state index contributed by atoms with van der Waals surface area (Å²) in [4.78, 5) is 105. The van der Waals surface area contributed by atoms with Crippen LogP contribution in [0.3, 0.4) is 0 Å². The Labute approximate surface area is 400 Å². The average molecular weight is 969 g/mol. The SMILES string of the molecule is NCCCC[C@H](NC(=O)[C@H](Cc1ccc(O)cc1)NC(=O)[C@H](CCCN=C(N)N)NC(=O)[C@H](CCCN=C(N)N)NC(=O)[C@@H]1CCCN1C(=O)[C@H](CS)NC(=O)[C@@H](N)Cc1ccccc1)C(=O)O. The maximum atomic E-state index is 14.3. The van der Waals surface area contributed by atoms with Crippen LogP contribution in [0.5, 0.6) is 5.75 Å². The largest absolute Gasteiger partial charge is 0.508 e. The number of likely N-dealkylation sites (tertiary alicyclic amines) is 1. The predicted octanol–water partition coefficient (Wildman–Crippen LogP) is -2.83. The number of hydrogen-bond acceptors (Lipinski definition) is 13. The second-order valence-corrected chi connectivity index (χ2v) is 16.7. The fourth-order valence-electron chi connectivity index (χ4n) is 7.38. The van der Waals surface area contributed by atoms with E-state index in [1.807, 2.05) is 30.3 Å². The van der Waals surface area contributed by atoms with Crippen LogP contribution in [0, 0.1) is 0 Å². The highest BCUT2D eigenvalue weighted by Crippen LogP contribution is 2.20. The Balaban J connectivity index is 1.87. The molecule has 1 aliphatic rings. The molecule has 1 fully saturated rings. The Hall–Kier alpha value is -6.66. The number of nitrogens with two attached hydrogens (primary N) is 6. The number of hydrogen-bond donors (Lipinski definition) is 14. The quantitative estimate of drug-likeness (QED) is 0.0169. The molecule has 0 aromatic heterocycles. The maximum absolute atomic E-state index is 14.3. The lowest BCUT2D eigenvalue weighted by molar-refractivity contribution is -0.142. The molecule has 3 rings (SSSR count). The van der Waals surface area contributed by atoms with Crippen molar-refractivity contribution in [2.45, 2.75) is 113 Å². The molecule has 1 heterocycles. The van der Waals surface area contributed by atoms with E-state index in [4.69, 9.17) is 34.4 Å². The standard InChI is InChI=1S/C44H68N14O9S/c45-19-5-4-11-32(42(66)67)55-39(63)33(24-27-15-17-28(59)18-16-27)56-38(62)30(12-6-20-51-43(47)48)53-37(61)31(13-7-21-52-44(49)50)54-40(64)35-14-8-22-58(35)41(65)34(25-68)57-36(60)29(46)23-26-9-2-1-3-10-26/h1-3,9-10,15-18,29-35,59,68H,4-8,11-14,19-25,45-46H2,(H,53,61)(H,54,64)(H,55,63)(H,56,62)(H,57,60)(H,66,67)(H4,47,48,51)(H4,49,50,52)/t29-,30-,31-,32-,33-,34-,35-/m0/s1. The smallest absolute Gasteiger partial charge is 0.326 e. The Morgan fingerprint density at radius 3 is 1.74 bits per heavy atom. The molecule has 0 saturated carbocycles. The lowest BCUT2D eigenvalue weighted by atomic mass is 10.0. The minimum absolute atomic E-state index is 0.0292. The number of aliphatic carboxylic acids is 1. The minimum Gasteiger partial charge on any atom is -0.508 e. The highest BCUT2D eigenvalue weighted by Gasteiger charge is 2.39. The summed E-state index contributed by atoms with van der Waals surface area (Å²) in [5.41, 5.74) is 35.1. The lowest BCUT2D eigenvalue weighted by Gasteiger charge is -2.30. The summed E-state index contributed by atoms with van der Waals surface area (Å²) < 4.78 is 0. The van der Waals surface area contributed by atoms with E-state index < -0.39 is 83.7 Å². The first-order valence-electron chi connectivity index (χ1n) is 22.5. The maximum Gasteiger partial charge on any atom is 0.326 e. The minimum atomic E-state index is -1.37. The fourth-order valence-corrected chi connectivity index (χ4v) is 7.63. The number of aliphatic imine (C=N–C) groups is 2. The van der Waals surface area contributed by atoms with E-state index in [2.05, 4.69) is 49.2 Å². The van der Waals surface area contributed by atoms with Crippen molar-refractivity contribution in [3.63, 3.8) is 0 Å². The van der Waals surface area contributed by atoms with E-state index in [9.17, 15) is 43.8 Å². The molecule has 0 aliphatic carbocycles. The van der Waals surface area contributed by atoms with Crippen LogP contribution in [0.1, 0.15) is 68.9 Å². The third-order valence-electron chi connectivity index (χ3n) is 11.0. The van der Waals surface area contributed by atoms with Crippen LogP contribution in [0.4, 0.5) is 0 Å². The fraction of sp³-hybridized carbons (Fsp3) is 0.523. The Morgan fingerprint density at radius 1 is 0.662 bits per heavy atom. The molecule has 6 amide bonds. The van der Waals surface area contributed by atoms with Crippen LogP contribution in [-0.2, 0) is 46.4 Å². The second-order valence-electron chi connectivity index (χ2n) is 16.4. The van der Waals surface area contributed by atoms with Crippen molar-refractivity contribution in [1.82, 2.24) is 31.5 Å². The van der Waals surface area contributed by atoms with Gasteiger partial charge in [-0.15, -0.1) is 0 Å². The number of nitrogens with one attached hydrogen (secondary N) is 5. The number of benzene rings is 2. The number of unbranched alkanes of at least 4 members (excludes halogenated alkanes) is 1. The van der Waals surface area contributed by atoms with E-state index in [0.29, 0.717) is 31.4 Å². The van der Waals surface area contributed by atoms with Crippen molar-refractivity contribution >= 4 is 66.0 Å². The topological polar surface area (TPSA) is 404 Å². The molecule has 2 aromatic rings. The molecule has 1 saturated heterocycles. The lowest BCUT2D eigenvalue weighted by Crippen LogP contribution is -2.60. The highest BCUT2D eigenvalue weighted by molar-refractivity contribution is 7.80. The number of rotatable bonds is 29. The van der Waals surface area contributed by atoms with Gasteiger partial charge in [0.25, 0.3) is 0 Å². The van der Waals surface area contributed by atoms with Crippen LogP contribution in [0.25, 0.3) is 0 Å². The number of nitrogens with zero attached hydrogens (tertiary/aromatic N) is 3. The van der Waals surface area contributed by atoms with Crippen molar-refractivity contribution in [3.8, 4) is 5.75 Å². The molecule has 374 valence electrons. The van der Waals surface area contributed by atoms with E-state index in [0.717, 1.165) is 5.56 Å². The van der Waals surface area contributed by atoms with Gasteiger partial charge in [-0.2, -0.15) is 12.6 Å². The van der Waals surface area contributed by atoms with Gasteiger partial charge >= 0.3 is 5.97 Å². The number of guanidine groups is 2. The molecule has 0 bridgehead atoms. The number of carbonyl (C=O) groups excluding carboxylic acids is 6. The molecule has 0 spiro atoms. The van der Waals surface area contributed by atoms with Gasteiger partial charge in [0.2, 0.25) is 35.4 Å². The Kier molecular flexibility index (Phi) is 23.9. The third-order valence-corrected chi connectivity index (χ3v) is 11.4. The van der Waals surface area contributed by atoms with Gasteiger partial charge in [-0.3, -0.25) is 38.8 Å². The number of carboxylic acid groups (broad SMARTS) is 1. The van der Waals surface area contributed by atoms with Crippen LogP contribution < -0.4 is 61.0 Å². The first-order valence-corrected chi connectivity index (χ1v) is 23.1. The number of phenolic OH excluding ortho intramolecular Hbond substituents is 1. The van der Waals surface area contributed by atoms with Gasteiger partial charge in [-0.25, -0.2) is 4.79 Å². The summed E-state index contributed by atoms with van der Waals surface area (Å²) in [7, 11) is 0. The first kappa shape index (κ1) is 55.7. The number of carboxylic acids is 1. The van der Waals surface area contributed by atoms with Gasteiger partial charge in [-0.05, 0) is 94.0 Å². The third kappa shape index (κ3) is 19.3. The highest BCUT2D eigenvalue weighted by atomic mass is 32.1. The van der Waals surface area contributed by atoms with Gasteiger partial charge in [0.1, 0.15) is 42.0 Å². The molecule has 24 heteroatoms. The summed E-state index contributed by atoms with van der Waals surface area (Å²) >= 11 is 4.31. The summed E-state index contributed by atoms with van der Waals surface area (Å²) in [6, 6.07) is 6.46. The molecule has 68 heavy (non-hydrogen) atoms. The molecule has 0 unspecified atom stereocenters. The number of carbonyl (C=O) groups is 7. The Bertz CT molecular complexity index is 2040. The normalized spacial score (nSPS) is 15.8. The van der Waals surface area contributed by atoms with Crippen LogP contribution >= 0.6 is 12.6 Å². The van der Waals surface area contributed by atoms with Crippen molar-refractivity contribution in [2.75, 3.05) is 31.9 Å². The zero-order valence-electron chi connectivity index (χ0n) is 38.1. The van der Waals surface area contributed by atoms with Crippen molar-refractivity contribution in [1.29, 1.82) is 0 Å². The van der Waals surface area contributed by atoms with Gasteiger partial charge < -0.3 is 76.1 Å². The van der Waals surface area contributed by atoms with E-state index in [-0.39, 0.29) is 94.4 Å². The van der Waals surface area contributed by atoms with Crippen molar-refractivity contribution in [2.24, 2.45) is 44.4 Å². The van der Waals surface area contributed by atoms with Gasteiger partial charge in [0, 0.05) is 31.8 Å². The summed E-state index contributed by atoms with van der Waals surface area (Å²) in [5, 5.41) is 33.0. The first-order chi connectivity index (χ1) is 32.4. The average Bonchev–Trinajstić information content (AvgIpc) is 3.80. The Morgan fingerprint density at radius 2 is 1.18 bits per heavy atom. The van der Waals surface area contributed by atoms with Gasteiger partial charge in [0.15, 0.2) is 11.9 Å². The van der Waals surface area contributed by atoms with E-state index in [1.54, 1.807) is 0 Å². The molecular weight excluding hydrogens is 901 g/mol. The van der Waals surface area contributed by atoms with Crippen LogP contribution in [0.2, 0.25) is 0 Å². The van der Waals surface area contributed by atoms with E-state index >= 15 is 0 Å². The summed E-state index contributed by atoms with van der Waals surface area (Å²) in [6.07, 6.45) is 2.00. The predicted molar refractivity (Wildman–Crippen MR) is 259 cm³/mol. The number of phenols is 1. The summed E-state index contributed by atoms with van der Waals surface area (Å²) in [5.74, 6) is -6.14. The number of aromatic hydroxyl groups is 1. The second kappa shape index (κ2) is 29.2. The molecule has 1 aliphatic heterocycles. The monoisotopic (exact) mass is 969 g/mol. The molecular formula is C44H68N14O9S. The zero-order valence-corrected chi connectivity index (χ0v) is 39.0. The van der Waals surface area contributed by atoms with Crippen molar-refractivity contribution < 1.29 is 43.8 Å². The number of amides is 6. The molecule has 7 atom stereocenters. The van der Waals surface area contributed by atoms with Crippen molar-refractivity contribution in [3.05, 3.63) is 65.7 Å². The van der Waals surface area contributed by atoms with Gasteiger partial charge in [-0.1, -0.05) is 42.5 Å². The number of thiol groups is 1. The van der Waals surface area contributed by atoms with E-state index in [1.165, 1.54) is 29.2 Å². The molecule has 2 aromatic carbocycles.